The first kappa shape index (κ1) is 27.2. The number of aliphatic carboxylic acids is 1. The highest BCUT2D eigenvalue weighted by molar-refractivity contribution is 7.91. The highest BCUT2D eigenvalue weighted by atomic mass is 32.2. The maximum absolute atomic E-state index is 13.6. The summed E-state index contributed by atoms with van der Waals surface area (Å²) in [7, 11) is -4.16. The van der Waals surface area contributed by atoms with Gasteiger partial charge in [0.25, 0.3) is 15.9 Å². The van der Waals surface area contributed by atoms with Crippen molar-refractivity contribution in [1.29, 1.82) is 0 Å². The van der Waals surface area contributed by atoms with Crippen LogP contribution in [0.25, 0.3) is 0 Å². The molecule has 2 atom stereocenters. The molecular formula is C25H25FN4O6S2. The zero-order chi connectivity index (χ0) is 27.4. The third kappa shape index (κ3) is 6.01. The van der Waals surface area contributed by atoms with Gasteiger partial charge < -0.3 is 15.7 Å². The molecule has 2 aromatic carbocycles. The number of anilines is 1. The zero-order valence-electron chi connectivity index (χ0n) is 20.2. The van der Waals surface area contributed by atoms with Crippen molar-refractivity contribution in [3.8, 4) is 0 Å². The number of halogens is 1. The third-order valence-electron chi connectivity index (χ3n) is 5.95. The first-order chi connectivity index (χ1) is 18.1. The summed E-state index contributed by atoms with van der Waals surface area (Å²) in [4.78, 5) is 39.5. The Hall–Kier alpha value is -3.81. The minimum Gasteiger partial charge on any atom is -0.481 e. The molecular weight excluding hydrogens is 535 g/mol. The Kier molecular flexibility index (Phi) is 8.09. The van der Waals surface area contributed by atoms with Crippen molar-refractivity contribution in [2.75, 3.05) is 18.4 Å². The van der Waals surface area contributed by atoms with Crippen LogP contribution in [-0.4, -0.2) is 59.9 Å². The summed E-state index contributed by atoms with van der Waals surface area (Å²) in [6.07, 6.45) is -2.14. The van der Waals surface area contributed by atoms with Crippen LogP contribution in [0.1, 0.15) is 23.6 Å². The van der Waals surface area contributed by atoms with Crippen LogP contribution in [0.4, 0.5) is 14.9 Å². The fourth-order valence-corrected chi connectivity index (χ4v) is 6.73. The lowest BCUT2D eigenvalue weighted by molar-refractivity contribution is -0.138. The molecule has 3 N–H and O–H groups in total. The van der Waals surface area contributed by atoms with Gasteiger partial charge in [-0.05, 0) is 48.2 Å². The van der Waals surface area contributed by atoms with Crippen LogP contribution in [-0.2, 0) is 19.6 Å². The van der Waals surface area contributed by atoms with Crippen LogP contribution >= 0.6 is 11.3 Å². The molecule has 2 heterocycles. The topological polar surface area (TPSA) is 136 Å². The van der Waals surface area contributed by atoms with Gasteiger partial charge in [-0.3, -0.25) is 14.5 Å². The molecule has 0 spiro atoms. The Bertz CT molecular complexity index is 1410. The minimum absolute atomic E-state index is 0.00304. The molecule has 1 aromatic heterocycles. The number of hydrogen-bond donors (Lipinski definition) is 3. The number of hydrogen-bond acceptors (Lipinski definition) is 6. The molecule has 4 rings (SSSR count). The number of benzene rings is 2. The second kappa shape index (κ2) is 11.3. The molecule has 3 amide bonds. The van der Waals surface area contributed by atoms with Crippen LogP contribution in [0, 0.1) is 12.7 Å². The molecule has 3 aromatic rings. The van der Waals surface area contributed by atoms with Gasteiger partial charge in [0.05, 0.1) is 12.5 Å². The van der Waals surface area contributed by atoms with Crippen molar-refractivity contribution < 1.29 is 32.3 Å². The summed E-state index contributed by atoms with van der Waals surface area (Å²) >= 11 is 0.971. The maximum atomic E-state index is 13.6. The number of carboxylic acids is 1. The average Bonchev–Trinajstić information content (AvgIpc) is 3.57. The van der Waals surface area contributed by atoms with Crippen LogP contribution < -0.4 is 10.6 Å². The van der Waals surface area contributed by atoms with E-state index in [9.17, 15) is 32.3 Å². The number of rotatable bonds is 8. The number of aryl methyl sites for hydroxylation is 1. The predicted molar refractivity (Wildman–Crippen MR) is 138 cm³/mol. The summed E-state index contributed by atoms with van der Waals surface area (Å²) in [5.41, 5.74) is 1.73. The van der Waals surface area contributed by atoms with E-state index in [1.807, 2.05) is 6.92 Å². The number of thiophene rings is 1. The average molecular weight is 561 g/mol. The van der Waals surface area contributed by atoms with E-state index in [0.717, 1.165) is 38.2 Å². The first-order valence-electron chi connectivity index (χ1n) is 11.5. The Morgan fingerprint density at radius 2 is 1.76 bits per heavy atom. The molecule has 2 unspecified atom stereocenters. The second-order valence-corrected chi connectivity index (χ2v) is 11.7. The van der Waals surface area contributed by atoms with Crippen molar-refractivity contribution in [2.45, 2.75) is 29.8 Å². The van der Waals surface area contributed by atoms with E-state index in [4.69, 9.17) is 0 Å². The van der Waals surface area contributed by atoms with Gasteiger partial charge in [-0.25, -0.2) is 17.6 Å². The highest BCUT2D eigenvalue weighted by Gasteiger charge is 2.47. The Labute approximate surface area is 222 Å². The van der Waals surface area contributed by atoms with Crippen LogP contribution in [0.5, 0.6) is 0 Å². The predicted octanol–water partition coefficient (Wildman–Crippen LogP) is 3.39. The summed E-state index contributed by atoms with van der Waals surface area (Å²) in [6.45, 7) is 1.65. The molecule has 38 heavy (non-hydrogen) atoms. The number of carbonyl (C=O) groups excluding carboxylic acids is 2. The number of urea groups is 1. The Morgan fingerprint density at radius 3 is 2.37 bits per heavy atom. The van der Waals surface area contributed by atoms with Gasteiger partial charge in [0.2, 0.25) is 0 Å². The lowest BCUT2D eigenvalue weighted by atomic mass is 10.0. The highest BCUT2D eigenvalue weighted by Crippen LogP contribution is 2.29. The number of nitrogens with one attached hydrogen (secondary N) is 2. The largest absolute Gasteiger partial charge is 0.481 e. The molecule has 1 aliphatic heterocycles. The molecule has 1 saturated heterocycles. The molecule has 0 aliphatic carbocycles. The van der Waals surface area contributed by atoms with Gasteiger partial charge in [-0.1, -0.05) is 35.9 Å². The van der Waals surface area contributed by atoms with E-state index in [-0.39, 0.29) is 17.3 Å². The van der Waals surface area contributed by atoms with E-state index >= 15 is 0 Å². The number of carboxylic acid groups (broad SMARTS) is 1. The Balaban J connectivity index is 1.66. The fraction of sp³-hybridized carbons (Fsp3) is 0.240. The second-order valence-electron chi connectivity index (χ2n) is 8.62. The van der Waals surface area contributed by atoms with E-state index in [0.29, 0.717) is 11.3 Å². The van der Waals surface area contributed by atoms with E-state index in [2.05, 4.69) is 10.6 Å². The SMILES string of the molecule is Cc1ccc(NC(=O)N2CCN(S(=O)(=O)c3cccs3)C2C(=O)NC(CC(=O)O)c2ccc(F)cc2)cc1. The lowest BCUT2D eigenvalue weighted by Gasteiger charge is -2.30. The quantitative estimate of drug-likeness (QED) is 0.386. The zero-order valence-corrected chi connectivity index (χ0v) is 21.8. The Morgan fingerprint density at radius 1 is 1.08 bits per heavy atom. The van der Waals surface area contributed by atoms with Crippen LogP contribution in [0.15, 0.2) is 70.3 Å². The van der Waals surface area contributed by atoms with Crippen LogP contribution in [0.2, 0.25) is 0 Å². The van der Waals surface area contributed by atoms with Crippen molar-refractivity contribution in [2.24, 2.45) is 0 Å². The standard InChI is InChI=1S/C25H25FN4O6S2/c1-16-4-10-19(11-5-16)27-25(34)29-12-13-30(38(35,36)22-3-2-14-37-22)24(29)23(33)28-20(15-21(31)32)17-6-8-18(26)9-7-17/h2-11,14,20,24H,12-13,15H2,1H3,(H,27,34)(H,28,33)(H,31,32). The lowest BCUT2D eigenvalue weighted by Crippen LogP contribution is -2.55. The molecule has 0 bridgehead atoms. The first-order valence-corrected chi connectivity index (χ1v) is 13.9. The van der Waals surface area contributed by atoms with Crippen molar-refractivity contribution in [3.05, 3.63) is 83.0 Å². The molecule has 13 heteroatoms. The van der Waals surface area contributed by atoms with Gasteiger partial charge in [0, 0.05) is 18.8 Å². The van der Waals surface area contributed by atoms with Crippen LogP contribution in [0.3, 0.4) is 0 Å². The maximum Gasteiger partial charge on any atom is 0.323 e. The summed E-state index contributed by atoms with van der Waals surface area (Å²) in [6, 6.07) is 13.0. The van der Waals surface area contributed by atoms with Gasteiger partial charge >= 0.3 is 12.0 Å². The normalized spacial score (nSPS) is 16.7. The monoisotopic (exact) mass is 560 g/mol. The molecule has 1 aliphatic rings. The summed E-state index contributed by atoms with van der Waals surface area (Å²) < 4.78 is 41.2. The van der Waals surface area contributed by atoms with Crippen molar-refractivity contribution in [3.63, 3.8) is 0 Å². The third-order valence-corrected chi connectivity index (χ3v) is 9.18. The van der Waals surface area contributed by atoms with Crippen molar-refractivity contribution in [1.82, 2.24) is 14.5 Å². The molecule has 0 saturated carbocycles. The van der Waals surface area contributed by atoms with Gasteiger partial charge in [-0.2, -0.15) is 4.31 Å². The van der Waals surface area contributed by atoms with Crippen molar-refractivity contribution >= 4 is 45.0 Å². The van der Waals surface area contributed by atoms with Gasteiger partial charge in [0.15, 0.2) is 6.17 Å². The fourth-order valence-electron chi connectivity index (χ4n) is 4.07. The number of amides is 3. The molecule has 10 nitrogen and oxygen atoms in total. The van der Waals surface area contributed by atoms with Gasteiger partial charge in [-0.15, -0.1) is 11.3 Å². The molecule has 0 radical (unpaired) electrons. The van der Waals surface area contributed by atoms with E-state index < -0.39 is 52.4 Å². The van der Waals surface area contributed by atoms with Gasteiger partial charge in [0.1, 0.15) is 10.0 Å². The molecule has 1 fully saturated rings. The number of carbonyl (C=O) groups is 3. The smallest absolute Gasteiger partial charge is 0.323 e. The molecule has 200 valence electrons. The number of sulfonamides is 1. The van der Waals surface area contributed by atoms with E-state index in [1.165, 1.54) is 18.2 Å². The van der Waals surface area contributed by atoms with E-state index in [1.54, 1.807) is 35.7 Å². The summed E-state index contributed by atoms with van der Waals surface area (Å²) in [5, 5.41) is 16.2. The summed E-state index contributed by atoms with van der Waals surface area (Å²) in [5.74, 6) is -2.67. The number of nitrogens with zero attached hydrogens (tertiary/aromatic N) is 2. The minimum atomic E-state index is -4.16.